The van der Waals surface area contributed by atoms with E-state index in [1.807, 2.05) is 36.2 Å². The first kappa shape index (κ1) is 13.3. The number of carbonyl (C=O) groups excluding carboxylic acids is 1. The van der Waals surface area contributed by atoms with Gasteiger partial charge in [-0.15, -0.1) is 0 Å². The smallest absolute Gasteiger partial charge is 0.174 e. The Hall–Kier alpha value is -1.16. The summed E-state index contributed by atoms with van der Waals surface area (Å²) in [7, 11) is 1.89. The molecule has 1 saturated heterocycles. The van der Waals surface area contributed by atoms with Crippen molar-refractivity contribution in [2.75, 3.05) is 13.6 Å². The van der Waals surface area contributed by atoms with Gasteiger partial charge in [-0.25, -0.2) is 0 Å². The van der Waals surface area contributed by atoms with E-state index in [-0.39, 0.29) is 11.7 Å². The van der Waals surface area contributed by atoms with Crippen LogP contribution in [-0.2, 0) is 0 Å². The van der Waals surface area contributed by atoms with Crippen LogP contribution in [0.25, 0.3) is 0 Å². The molecular weight excluding hydrogens is 292 g/mol. The molecule has 3 nitrogen and oxygen atoms in total. The van der Waals surface area contributed by atoms with Crippen LogP contribution in [0, 0.1) is 17.2 Å². The molecule has 1 aromatic carbocycles. The zero-order chi connectivity index (χ0) is 13.3. The Kier molecular flexibility index (Phi) is 3.85. The normalized spacial score (nSPS) is 24.2. The van der Waals surface area contributed by atoms with Crippen LogP contribution in [0.4, 0.5) is 0 Å². The van der Waals surface area contributed by atoms with Crippen molar-refractivity contribution in [2.24, 2.45) is 11.8 Å². The van der Waals surface area contributed by atoms with Crippen LogP contribution in [0.15, 0.2) is 28.7 Å². The fourth-order valence-electron chi connectivity index (χ4n) is 2.50. The topological polar surface area (TPSA) is 44.2 Å². The van der Waals surface area contributed by atoms with Crippen LogP contribution in [0.2, 0.25) is 0 Å². The average molecular weight is 309 g/mol. The summed E-state index contributed by atoms with van der Waals surface area (Å²) in [4.78, 5) is 14.4. The molecule has 2 rings (SSSR count). The number of halogens is 1. The highest BCUT2D eigenvalue weighted by Crippen LogP contribution is 2.28. The summed E-state index contributed by atoms with van der Waals surface area (Å²) >= 11 is 3.41. The zero-order valence-electron chi connectivity index (χ0n) is 10.6. The van der Waals surface area contributed by atoms with Crippen molar-refractivity contribution >= 4 is 27.5 Å². The quantitative estimate of drug-likeness (QED) is 0.853. The van der Waals surface area contributed by atoms with Crippen molar-refractivity contribution in [2.45, 2.75) is 13.3 Å². The molecule has 1 aromatic rings. The highest BCUT2D eigenvalue weighted by molar-refractivity contribution is 9.10. The molecule has 96 valence electrons. The minimum Gasteiger partial charge on any atom is -0.363 e. The van der Waals surface area contributed by atoms with Gasteiger partial charge >= 0.3 is 0 Å². The summed E-state index contributed by atoms with van der Waals surface area (Å²) in [5, 5.41) is 8.08. The number of nitrogens with zero attached hydrogens (tertiary/aromatic N) is 1. The highest BCUT2D eigenvalue weighted by Gasteiger charge is 2.33. The number of ketones is 1. The maximum absolute atomic E-state index is 12.5. The minimum atomic E-state index is -0.308. The number of piperidine rings is 1. The molecule has 0 spiro atoms. The van der Waals surface area contributed by atoms with E-state index < -0.39 is 0 Å². The van der Waals surface area contributed by atoms with Gasteiger partial charge in [-0.3, -0.25) is 10.2 Å². The molecule has 2 unspecified atom stereocenters. The monoisotopic (exact) mass is 308 g/mol. The fourth-order valence-corrected chi connectivity index (χ4v) is 2.98. The van der Waals surface area contributed by atoms with E-state index in [0.717, 1.165) is 17.4 Å². The summed E-state index contributed by atoms with van der Waals surface area (Å²) in [5.74, 6) is 0.623. The Bertz CT molecular complexity index is 486. The van der Waals surface area contributed by atoms with Crippen molar-refractivity contribution in [3.63, 3.8) is 0 Å². The van der Waals surface area contributed by atoms with Gasteiger partial charge in [-0.2, -0.15) is 0 Å². The fraction of sp³-hybridized carbons (Fsp3) is 0.429. The molecule has 0 radical (unpaired) electrons. The number of hydrogen-bond donors (Lipinski definition) is 1. The van der Waals surface area contributed by atoms with Crippen LogP contribution in [0.1, 0.15) is 23.7 Å². The van der Waals surface area contributed by atoms with Gasteiger partial charge in [0, 0.05) is 23.6 Å². The molecule has 2 atom stereocenters. The van der Waals surface area contributed by atoms with Gasteiger partial charge in [-0.05, 0) is 18.4 Å². The first-order valence-electron chi connectivity index (χ1n) is 6.09. The molecule has 1 aliphatic heterocycles. The molecule has 0 aliphatic carbocycles. The van der Waals surface area contributed by atoms with Gasteiger partial charge in [-0.1, -0.05) is 41.1 Å². The number of amidine groups is 1. The summed E-state index contributed by atoms with van der Waals surface area (Å²) in [5.41, 5.74) is 0.676. The molecule has 0 amide bonds. The van der Waals surface area contributed by atoms with Gasteiger partial charge in [0.2, 0.25) is 0 Å². The lowest BCUT2D eigenvalue weighted by atomic mass is 9.84. The number of benzene rings is 1. The summed E-state index contributed by atoms with van der Waals surface area (Å²) < 4.78 is 0.809. The van der Waals surface area contributed by atoms with Crippen LogP contribution >= 0.6 is 15.9 Å². The molecular formula is C14H17BrN2O. The van der Waals surface area contributed by atoms with E-state index in [2.05, 4.69) is 22.9 Å². The van der Waals surface area contributed by atoms with Gasteiger partial charge in [0.25, 0.3) is 0 Å². The van der Waals surface area contributed by atoms with Crippen LogP contribution in [0.5, 0.6) is 0 Å². The standard InChI is InChI=1S/C14H17BrN2O/c1-9-7-11(14(16)17(2)8-9)13(18)10-5-3-4-6-12(10)15/h3-6,9,11,16H,7-8H2,1-2H3. The number of rotatable bonds is 2. The number of likely N-dealkylation sites (tertiary alicyclic amines) is 1. The molecule has 1 fully saturated rings. The van der Waals surface area contributed by atoms with Crippen LogP contribution in [-0.4, -0.2) is 30.1 Å². The molecule has 18 heavy (non-hydrogen) atoms. The van der Waals surface area contributed by atoms with Gasteiger partial charge < -0.3 is 4.90 Å². The van der Waals surface area contributed by atoms with E-state index in [1.54, 1.807) is 0 Å². The molecule has 0 bridgehead atoms. The third-order valence-corrected chi connectivity index (χ3v) is 4.11. The van der Waals surface area contributed by atoms with Crippen molar-refractivity contribution < 1.29 is 4.79 Å². The Morgan fingerprint density at radius 2 is 2.11 bits per heavy atom. The van der Waals surface area contributed by atoms with Crippen LogP contribution in [0.3, 0.4) is 0 Å². The second-order valence-corrected chi connectivity index (χ2v) is 5.86. The molecule has 0 aromatic heterocycles. The number of carbonyl (C=O) groups is 1. The number of hydrogen-bond acceptors (Lipinski definition) is 2. The largest absolute Gasteiger partial charge is 0.363 e. The summed E-state index contributed by atoms with van der Waals surface area (Å²) in [6.07, 6.45) is 0.767. The Labute approximate surface area is 116 Å². The van der Waals surface area contributed by atoms with Gasteiger partial charge in [0.05, 0.1) is 5.92 Å². The first-order chi connectivity index (χ1) is 8.50. The summed E-state index contributed by atoms with van der Waals surface area (Å²) in [6.45, 7) is 2.99. The van der Waals surface area contributed by atoms with Crippen molar-refractivity contribution in [3.8, 4) is 0 Å². The molecule has 1 aliphatic rings. The zero-order valence-corrected chi connectivity index (χ0v) is 12.2. The molecule has 1 N–H and O–H groups in total. The Morgan fingerprint density at radius 1 is 1.44 bits per heavy atom. The van der Waals surface area contributed by atoms with Crippen molar-refractivity contribution in [1.29, 1.82) is 5.41 Å². The van der Waals surface area contributed by atoms with Crippen molar-refractivity contribution in [1.82, 2.24) is 4.90 Å². The second-order valence-electron chi connectivity index (χ2n) is 5.00. The minimum absolute atomic E-state index is 0.0471. The molecule has 1 heterocycles. The molecule has 4 heteroatoms. The second kappa shape index (κ2) is 5.22. The first-order valence-corrected chi connectivity index (χ1v) is 6.88. The third-order valence-electron chi connectivity index (χ3n) is 3.42. The summed E-state index contributed by atoms with van der Waals surface area (Å²) in [6, 6.07) is 7.44. The number of Topliss-reactive ketones (excluding diaryl/α,β-unsaturated/α-hetero) is 1. The molecule has 0 saturated carbocycles. The Balaban J connectivity index is 2.28. The average Bonchev–Trinajstić information content (AvgIpc) is 2.33. The van der Waals surface area contributed by atoms with E-state index in [4.69, 9.17) is 5.41 Å². The van der Waals surface area contributed by atoms with Crippen LogP contribution < -0.4 is 0 Å². The SMILES string of the molecule is CC1CC(C(=O)c2ccccc2Br)C(=N)N(C)C1. The lowest BCUT2D eigenvalue weighted by Crippen LogP contribution is -2.44. The predicted molar refractivity (Wildman–Crippen MR) is 76.1 cm³/mol. The lowest BCUT2D eigenvalue weighted by molar-refractivity contribution is 0.0917. The van der Waals surface area contributed by atoms with E-state index in [9.17, 15) is 4.79 Å². The van der Waals surface area contributed by atoms with E-state index in [1.165, 1.54) is 0 Å². The highest BCUT2D eigenvalue weighted by atomic mass is 79.9. The van der Waals surface area contributed by atoms with E-state index >= 15 is 0 Å². The maximum atomic E-state index is 12.5. The van der Waals surface area contributed by atoms with Crippen molar-refractivity contribution in [3.05, 3.63) is 34.3 Å². The van der Waals surface area contributed by atoms with Gasteiger partial charge in [0.15, 0.2) is 5.78 Å². The Morgan fingerprint density at radius 3 is 2.78 bits per heavy atom. The van der Waals surface area contributed by atoms with E-state index in [0.29, 0.717) is 17.3 Å². The maximum Gasteiger partial charge on any atom is 0.174 e. The number of nitrogens with one attached hydrogen (secondary N) is 1. The van der Waals surface area contributed by atoms with Gasteiger partial charge in [0.1, 0.15) is 5.84 Å². The third kappa shape index (κ3) is 2.48. The predicted octanol–water partition coefficient (Wildman–Crippen LogP) is 3.20. The lowest BCUT2D eigenvalue weighted by Gasteiger charge is -2.35.